The van der Waals surface area contributed by atoms with E-state index in [1.165, 1.54) is 18.1 Å². The topological polar surface area (TPSA) is 103 Å². The maximum absolute atomic E-state index is 12.0. The van der Waals surface area contributed by atoms with Gasteiger partial charge in [0.25, 0.3) is 0 Å². The second kappa shape index (κ2) is 5.68. The number of nitrogens with two attached hydrogens (primary N) is 1. The van der Waals surface area contributed by atoms with Crippen LogP contribution < -0.4 is 5.73 Å². The molecule has 1 saturated heterocycles. The molecule has 1 fully saturated rings. The number of anilines is 1. The van der Waals surface area contributed by atoms with Crippen LogP contribution in [0.3, 0.4) is 0 Å². The molecule has 1 aromatic heterocycles. The fourth-order valence-corrected chi connectivity index (χ4v) is 2.14. The maximum Gasteiger partial charge on any atom is 0.308 e. The molecule has 0 atom stereocenters. The van der Waals surface area contributed by atoms with Crippen molar-refractivity contribution in [3.8, 4) is 0 Å². The molecule has 19 heavy (non-hydrogen) atoms. The van der Waals surface area contributed by atoms with Crippen molar-refractivity contribution in [1.29, 1.82) is 0 Å². The van der Waals surface area contributed by atoms with E-state index in [0.717, 1.165) is 0 Å². The number of ether oxygens (including phenoxy) is 1. The fourth-order valence-electron chi connectivity index (χ4n) is 2.14. The third-order valence-corrected chi connectivity index (χ3v) is 3.21. The molecule has 0 aromatic carbocycles. The fraction of sp³-hybridized carbons (Fsp3) is 0.636. The monoisotopic (exact) mass is 267 g/mol. The van der Waals surface area contributed by atoms with Gasteiger partial charge in [-0.2, -0.15) is 9.90 Å². The smallest absolute Gasteiger partial charge is 0.308 e. The van der Waals surface area contributed by atoms with E-state index in [4.69, 9.17) is 10.5 Å². The van der Waals surface area contributed by atoms with Crippen LogP contribution in [0, 0.1) is 5.92 Å². The van der Waals surface area contributed by atoms with Gasteiger partial charge in [0.1, 0.15) is 6.54 Å². The van der Waals surface area contributed by atoms with Gasteiger partial charge in [-0.3, -0.25) is 9.59 Å². The summed E-state index contributed by atoms with van der Waals surface area (Å²) in [6.07, 6.45) is 2.66. The SMILES string of the molecule is COC(=O)C1CCN(C(=O)Cn2ncc(N)n2)CC1. The molecule has 0 aliphatic carbocycles. The molecule has 0 unspecified atom stereocenters. The van der Waals surface area contributed by atoms with E-state index >= 15 is 0 Å². The molecule has 8 heteroatoms. The van der Waals surface area contributed by atoms with Crippen LogP contribution in [0.15, 0.2) is 6.20 Å². The van der Waals surface area contributed by atoms with E-state index in [2.05, 4.69) is 10.2 Å². The number of rotatable bonds is 3. The first-order chi connectivity index (χ1) is 9.10. The molecule has 0 spiro atoms. The van der Waals surface area contributed by atoms with Crippen LogP contribution in [0.5, 0.6) is 0 Å². The van der Waals surface area contributed by atoms with Crippen LogP contribution in [0.4, 0.5) is 5.82 Å². The van der Waals surface area contributed by atoms with Crippen LogP contribution in [0.25, 0.3) is 0 Å². The van der Waals surface area contributed by atoms with Crippen LogP contribution in [-0.4, -0.2) is 52.0 Å². The molecule has 1 aliphatic rings. The van der Waals surface area contributed by atoms with Crippen molar-refractivity contribution < 1.29 is 14.3 Å². The Morgan fingerprint density at radius 1 is 1.47 bits per heavy atom. The van der Waals surface area contributed by atoms with Gasteiger partial charge in [0.15, 0.2) is 5.82 Å². The van der Waals surface area contributed by atoms with Gasteiger partial charge in [0.05, 0.1) is 19.2 Å². The van der Waals surface area contributed by atoms with Crippen molar-refractivity contribution in [2.24, 2.45) is 5.92 Å². The van der Waals surface area contributed by atoms with Gasteiger partial charge in [0.2, 0.25) is 5.91 Å². The van der Waals surface area contributed by atoms with Crippen LogP contribution >= 0.6 is 0 Å². The Bertz CT molecular complexity index is 465. The molecule has 0 bridgehead atoms. The molecular weight excluding hydrogens is 250 g/mol. The van der Waals surface area contributed by atoms with Crippen LogP contribution in [-0.2, 0) is 20.9 Å². The summed E-state index contributed by atoms with van der Waals surface area (Å²) in [5.74, 6) is -0.0859. The Morgan fingerprint density at radius 2 is 2.16 bits per heavy atom. The Hall–Kier alpha value is -2.12. The first-order valence-electron chi connectivity index (χ1n) is 6.11. The highest BCUT2D eigenvalue weighted by molar-refractivity contribution is 5.77. The number of carbonyl (C=O) groups is 2. The van der Waals surface area contributed by atoms with Gasteiger partial charge in [-0.25, -0.2) is 0 Å². The Balaban J connectivity index is 1.84. The Kier molecular flexibility index (Phi) is 3.98. The number of methoxy groups -OCH3 is 1. The second-order valence-corrected chi connectivity index (χ2v) is 4.48. The summed E-state index contributed by atoms with van der Waals surface area (Å²) < 4.78 is 4.70. The van der Waals surface area contributed by atoms with E-state index in [9.17, 15) is 9.59 Å². The minimum absolute atomic E-state index is 0.0695. The summed E-state index contributed by atoms with van der Waals surface area (Å²) in [5.41, 5.74) is 5.43. The predicted molar refractivity (Wildman–Crippen MR) is 65.8 cm³/mol. The minimum atomic E-state index is -0.200. The van der Waals surface area contributed by atoms with Crippen molar-refractivity contribution in [2.45, 2.75) is 19.4 Å². The molecule has 1 aliphatic heterocycles. The quantitative estimate of drug-likeness (QED) is 0.724. The number of hydrogen-bond donors (Lipinski definition) is 1. The van der Waals surface area contributed by atoms with E-state index in [1.54, 1.807) is 4.90 Å². The highest BCUT2D eigenvalue weighted by atomic mass is 16.5. The number of aromatic nitrogens is 3. The lowest BCUT2D eigenvalue weighted by atomic mass is 9.97. The van der Waals surface area contributed by atoms with Crippen molar-refractivity contribution in [3.05, 3.63) is 6.20 Å². The lowest BCUT2D eigenvalue weighted by molar-refractivity contribution is -0.149. The molecule has 0 saturated carbocycles. The van der Waals surface area contributed by atoms with Crippen LogP contribution in [0.1, 0.15) is 12.8 Å². The number of nitrogen functional groups attached to an aromatic ring is 1. The lowest BCUT2D eigenvalue weighted by Gasteiger charge is -2.30. The van der Waals surface area contributed by atoms with E-state index in [1.807, 2.05) is 0 Å². The zero-order valence-electron chi connectivity index (χ0n) is 10.8. The summed E-state index contributed by atoms with van der Waals surface area (Å²) in [4.78, 5) is 26.3. The summed E-state index contributed by atoms with van der Waals surface area (Å²) in [6, 6.07) is 0. The molecule has 104 valence electrons. The van der Waals surface area contributed by atoms with Gasteiger partial charge >= 0.3 is 5.97 Å². The largest absolute Gasteiger partial charge is 0.469 e. The number of piperidine rings is 1. The highest BCUT2D eigenvalue weighted by Crippen LogP contribution is 2.18. The lowest BCUT2D eigenvalue weighted by Crippen LogP contribution is -2.42. The molecule has 2 rings (SSSR count). The number of amides is 1. The molecule has 2 heterocycles. The summed E-state index contributed by atoms with van der Waals surface area (Å²) in [7, 11) is 1.38. The highest BCUT2D eigenvalue weighted by Gasteiger charge is 2.27. The number of hydrogen-bond acceptors (Lipinski definition) is 6. The minimum Gasteiger partial charge on any atom is -0.469 e. The third-order valence-electron chi connectivity index (χ3n) is 3.21. The summed E-state index contributed by atoms with van der Waals surface area (Å²) in [5, 5.41) is 7.73. The van der Waals surface area contributed by atoms with E-state index in [0.29, 0.717) is 25.9 Å². The summed E-state index contributed by atoms with van der Waals surface area (Å²) >= 11 is 0. The second-order valence-electron chi connectivity index (χ2n) is 4.48. The molecule has 1 amide bonds. The third kappa shape index (κ3) is 3.21. The van der Waals surface area contributed by atoms with E-state index in [-0.39, 0.29) is 30.2 Å². The predicted octanol–water partition coefficient (Wildman–Crippen LogP) is -0.728. The normalized spacial score (nSPS) is 16.4. The molecule has 8 nitrogen and oxygen atoms in total. The zero-order valence-corrected chi connectivity index (χ0v) is 10.8. The van der Waals surface area contributed by atoms with Crippen LogP contribution in [0.2, 0.25) is 0 Å². The van der Waals surface area contributed by atoms with Gasteiger partial charge in [-0.15, -0.1) is 5.10 Å². The number of nitrogens with zero attached hydrogens (tertiary/aromatic N) is 4. The molecule has 1 aromatic rings. The zero-order chi connectivity index (χ0) is 13.8. The number of esters is 1. The van der Waals surface area contributed by atoms with Gasteiger partial charge in [0, 0.05) is 13.1 Å². The molecule has 0 radical (unpaired) electrons. The standard InChI is InChI=1S/C11H17N5O3/c1-19-11(18)8-2-4-15(5-3-8)10(17)7-16-13-6-9(12)14-16/h6,8H,2-5,7H2,1H3,(H2,12,14). The molecular formula is C11H17N5O3. The Labute approximate surface area is 110 Å². The van der Waals surface area contributed by atoms with Gasteiger partial charge < -0.3 is 15.4 Å². The van der Waals surface area contributed by atoms with Crippen molar-refractivity contribution >= 4 is 17.7 Å². The average Bonchev–Trinajstić information content (AvgIpc) is 2.83. The van der Waals surface area contributed by atoms with Crippen molar-refractivity contribution in [1.82, 2.24) is 19.9 Å². The van der Waals surface area contributed by atoms with Gasteiger partial charge in [-0.05, 0) is 12.8 Å². The molecule has 2 N–H and O–H groups in total. The number of carbonyl (C=O) groups excluding carboxylic acids is 2. The van der Waals surface area contributed by atoms with E-state index < -0.39 is 0 Å². The summed E-state index contributed by atoms with van der Waals surface area (Å²) in [6.45, 7) is 1.17. The Morgan fingerprint density at radius 3 is 2.68 bits per heavy atom. The van der Waals surface area contributed by atoms with Gasteiger partial charge in [-0.1, -0.05) is 0 Å². The van der Waals surface area contributed by atoms with Crippen molar-refractivity contribution in [2.75, 3.05) is 25.9 Å². The van der Waals surface area contributed by atoms with Crippen molar-refractivity contribution in [3.63, 3.8) is 0 Å². The first kappa shape index (κ1) is 13.3. The average molecular weight is 267 g/mol. The maximum atomic E-state index is 12.0. The first-order valence-corrected chi connectivity index (χ1v) is 6.11. The number of likely N-dealkylation sites (tertiary alicyclic amines) is 1.